The standard InChI is InChI=1S/C16H25ClN2O4/c1-11(17)12(20)18-9-5-7-15(18,2)13(21)19-10-6-8-16(19,3)14(22)23-4/h11H,5-10H2,1-4H3/t11-,15-,16-/m0/s1. The molecule has 2 saturated heterocycles. The number of alkyl halides is 1. The van der Waals surface area contributed by atoms with E-state index >= 15 is 0 Å². The molecule has 3 atom stereocenters. The molecule has 0 spiro atoms. The van der Waals surface area contributed by atoms with Crippen LogP contribution in [-0.2, 0) is 19.1 Å². The summed E-state index contributed by atoms with van der Waals surface area (Å²) in [6.07, 6.45) is 2.64. The second-order valence-corrected chi connectivity index (χ2v) is 7.46. The maximum atomic E-state index is 13.2. The lowest BCUT2D eigenvalue weighted by Gasteiger charge is -2.41. The summed E-state index contributed by atoms with van der Waals surface area (Å²) in [6.45, 7) is 6.13. The Bertz CT molecular complexity index is 524. The Morgan fingerprint density at radius 3 is 2.09 bits per heavy atom. The molecule has 6 nitrogen and oxygen atoms in total. The minimum absolute atomic E-state index is 0.189. The highest BCUT2D eigenvalue weighted by molar-refractivity contribution is 6.30. The van der Waals surface area contributed by atoms with E-state index in [0.29, 0.717) is 25.9 Å². The van der Waals surface area contributed by atoms with Crippen molar-refractivity contribution in [1.29, 1.82) is 0 Å². The summed E-state index contributed by atoms with van der Waals surface area (Å²) in [7, 11) is 1.33. The van der Waals surface area contributed by atoms with Gasteiger partial charge in [-0.3, -0.25) is 9.59 Å². The second-order valence-electron chi connectivity index (χ2n) is 6.81. The molecule has 0 aromatic heterocycles. The first-order valence-electron chi connectivity index (χ1n) is 8.04. The van der Waals surface area contributed by atoms with Crippen molar-refractivity contribution in [3.8, 4) is 0 Å². The topological polar surface area (TPSA) is 66.9 Å². The van der Waals surface area contributed by atoms with Gasteiger partial charge in [-0.15, -0.1) is 11.6 Å². The highest BCUT2D eigenvalue weighted by Crippen LogP contribution is 2.38. The zero-order valence-electron chi connectivity index (χ0n) is 14.2. The molecule has 0 saturated carbocycles. The highest BCUT2D eigenvalue weighted by Gasteiger charge is 2.55. The van der Waals surface area contributed by atoms with Gasteiger partial charge in [0.1, 0.15) is 16.5 Å². The third kappa shape index (κ3) is 2.82. The van der Waals surface area contributed by atoms with E-state index in [2.05, 4.69) is 0 Å². The molecule has 0 N–H and O–H groups in total. The van der Waals surface area contributed by atoms with Crippen molar-refractivity contribution in [2.45, 2.75) is 62.9 Å². The van der Waals surface area contributed by atoms with E-state index in [0.717, 1.165) is 12.8 Å². The smallest absolute Gasteiger partial charge is 0.331 e. The predicted molar refractivity (Wildman–Crippen MR) is 86.0 cm³/mol. The number of amides is 2. The van der Waals surface area contributed by atoms with Gasteiger partial charge in [-0.25, -0.2) is 4.79 Å². The molecule has 7 heteroatoms. The first-order chi connectivity index (χ1) is 10.7. The number of ether oxygens (including phenoxy) is 1. The van der Waals surface area contributed by atoms with Crippen molar-refractivity contribution >= 4 is 29.4 Å². The van der Waals surface area contributed by atoms with Crippen LogP contribution in [0.1, 0.15) is 46.5 Å². The molecule has 0 aliphatic carbocycles. The highest BCUT2D eigenvalue weighted by atomic mass is 35.5. The number of halogens is 1. The summed E-state index contributed by atoms with van der Waals surface area (Å²) >= 11 is 5.94. The van der Waals surface area contributed by atoms with Crippen LogP contribution in [0.2, 0.25) is 0 Å². The van der Waals surface area contributed by atoms with Crippen LogP contribution < -0.4 is 0 Å². The largest absolute Gasteiger partial charge is 0.467 e. The fourth-order valence-corrected chi connectivity index (χ4v) is 3.88. The Hall–Kier alpha value is -1.30. The normalized spacial score (nSPS) is 32.0. The van der Waals surface area contributed by atoms with Crippen molar-refractivity contribution in [2.24, 2.45) is 0 Å². The number of likely N-dealkylation sites (tertiary alicyclic amines) is 2. The Morgan fingerprint density at radius 1 is 1.04 bits per heavy atom. The van der Waals surface area contributed by atoms with E-state index in [4.69, 9.17) is 16.3 Å². The summed E-state index contributed by atoms with van der Waals surface area (Å²) in [5.74, 6) is -0.835. The molecule has 0 aromatic carbocycles. The van der Waals surface area contributed by atoms with Crippen LogP contribution in [0.5, 0.6) is 0 Å². The number of carbonyl (C=O) groups is 3. The fourth-order valence-electron chi connectivity index (χ4n) is 3.77. The van der Waals surface area contributed by atoms with Gasteiger partial charge in [-0.2, -0.15) is 0 Å². The van der Waals surface area contributed by atoms with Crippen LogP contribution in [0.15, 0.2) is 0 Å². The van der Waals surface area contributed by atoms with Crippen molar-refractivity contribution in [3.63, 3.8) is 0 Å². The molecule has 2 heterocycles. The number of methoxy groups -OCH3 is 1. The van der Waals surface area contributed by atoms with Gasteiger partial charge in [-0.1, -0.05) is 0 Å². The van der Waals surface area contributed by atoms with Crippen LogP contribution in [0.4, 0.5) is 0 Å². The van der Waals surface area contributed by atoms with Crippen molar-refractivity contribution in [3.05, 3.63) is 0 Å². The Morgan fingerprint density at radius 2 is 1.57 bits per heavy atom. The first kappa shape index (κ1) is 18.0. The van der Waals surface area contributed by atoms with Crippen molar-refractivity contribution in [2.75, 3.05) is 20.2 Å². The van der Waals surface area contributed by atoms with Crippen LogP contribution in [0.3, 0.4) is 0 Å². The van der Waals surface area contributed by atoms with Gasteiger partial charge in [-0.05, 0) is 46.5 Å². The number of nitrogens with zero attached hydrogens (tertiary/aromatic N) is 2. The van der Waals surface area contributed by atoms with E-state index in [9.17, 15) is 14.4 Å². The van der Waals surface area contributed by atoms with E-state index in [1.807, 2.05) is 0 Å². The number of hydrogen-bond acceptors (Lipinski definition) is 4. The Balaban J connectivity index is 2.31. The molecule has 2 amide bonds. The van der Waals surface area contributed by atoms with E-state index in [1.54, 1.807) is 30.6 Å². The molecule has 130 valence electrons. The van der Waals surface area contributed by atoms with E-state index in [-0.39, 0.29) is 11.8 Å². The minimum atomic E-state index is -0.960. The Labute approximate surface area is 142 Å². The number of hydrogen-bond donors (Lipinski definition) is 0. The van der Waals surface area contributed by atoms with Gasteiger partial charge in [0.25, 0.3) is 0 Å². The molecule has 23 heavy (non-hydrogen) atoms. The monoisotopic (exact) mass is 344 g/mol. The molecule has 2 aliphatic heterocycles. The van der Waals surface area contributed by atoms with E-state index < -0.39 is 22.4 Å². The van der Waals surface area contributed by atoms with Gasteiger partial charge in [0.15, 0.2) is 0 Å². The lowest BCUT2D eigenvalue weighted by Crippen LogP contribution is -2.62. The van der Waals surface area contributed by atoms with Gasteiger partial charge in [0.05, 0.1) is 7.11 Å². The molecule has 0 radical (unpaired) electrons. The van der Waals surface area contributed by atoms with Gasteiger partial charge >= 0.3 is 5.97 Å². The summed E-state index contributed by atoms with van der Waals surface area (Å²) < 4.78 is 4.89. The molecule has 0 unspecified atom stereocenters. The lowest BCUT2D eigenvalue weighted by molar-refractivity contribution is -0.163. The molecule has 0 bridgehead atoms. The van der Waals surface area contributed by atoms with Gasteiger partial charge < -0.3 is 14.5 Å². The average molecular weight is 345 g/mol. The maximum absolute atomic E-state index is 13.2. The summed E-state index contributed by atoms with van der Waals surface area (Å²) in [5, 5.41) is -0.675. The van der Waals surface area contributed by atoms with Crippen LogP contribution in [0.25, 0.3) is 0 Å². The molecule has 2 rings (SSSR count). The predicted octanol–water partition coefficient (Wildman–Crippen LogP) is 1.55. The molecule has 0 aromatic rings. The summed E-state index contributed by atoms with van der Waals surface area (Å²) in [6, 6.07) is 0. The minimum Gasteiger partial charge on any atom is -0.467 e. The SMILES string of the molecule is COC(=O)[C@]1(C)CCCN1C(=O)[C@]1(C)CCCN1C(=O)[C@H](C)Cl. The van der Waals surface area contributed by atoms with Crippen LogP contribution in [-0.4, -0.2) is 64.2 Å². The molecular weight excluding hydrogens is 320 g/mol. The number of esters is 1. The first-order valence-corrected chi connectivity index (χ1v) is 8.48. The fraction of sp³-hybridized carbons (Fsp3) is 0.812. The zero-order valence-corrected chi connectivity index (χ0v) is 15.0. The van der Waals surface area contributed by atoms with Crippen LogP contribution >= 0.6 is 11.6 Å². The third-order valence-electron chi connectivity index (χ3n) is 5.22. The average Bonchev–Trinajstić information content (AvgIpc) is 3.09. The zero-order chi connectivity index (χ0) is 17.4. The van der Waals surface area contributed by atoms with Crippen molar-refractivity contribution < 1.29 is 19.1 Å². The lowest BCUT2D eigenvalue weighted by atomic mass is 9.92. The van der Waals surface area contributed by atoms with Crippen molar-refractivity contribution in [1.82, 2.24) is 9.80 Å². The molecule has 2 aliphatic rings. The summed E-state index contributed by atoms with van der Waals surface area (Å²) in [4.78, 5) is 40.9. The molecular formula is C16H25ClN2O4. The Kier molecular flexibility index (Phi) is 4.95. The number of rotatable bonds is 3. The van der Waals surface area contributed by atoms with E-state index in [1.165, 1.54) is 7.11 Å². The summed E-state index contributed by atoms with van der Waals surface area (Å²) in [5.41, 5.74) is -1.90. The number of carbonyl (C=O) groups excluding carboxylic acids is 3. The van der Waals surface area contributed by atoms with Gasteiger partial charge in [0, 0.05) is 13.1 Å². The van der Waals surface area contributed by atoms with Gasteiger partial charge in [0.2, 0.25) is 11.8 Å². The third-order valence-corrected chi connectivity index (χ3v) is 5.41. The second kappa shape index (κ2) is 6.30. The van der Waals surface area contributed by atoms with Crippen LogP contribution in [0, 0.1) is 0 Å². The quantitative estimate of drug-likeness (QED) is 0.575. The maximum Gasteiger partial charge on any atom is 0.331 e. The molecule has 2 fully saturated rings.